The van der Waals surface area contributed by atoms with Gasteiger partial charge in [0.15, 0.2) is 5.96 Å². The number of anilines is 1. The number of aryl methyl sites for hydroxylation is 2. The molecule has 0 atom stereocenters. The van der Waals surface area contributed by atoms with Gasteiger partial charge in [0, 0.05) is 6.54 Å². The molecule has 1 aromatic rings. The molecule has 5 heteroatoms. The van der Waals surface area contributed by atoms with E-state index < -0.39 is 0 Å². The highest BCUT2D eigenvalue weighted by atomic mass is 16.2. The summed E-state index contributed by atoms with van der Waals surface area (Å²) in [5, 5.41) is 9.45. The van der Waals surface area contributed by atoms with Crippen LogP contribution in [0.25, 0.3) is 0 Å². The number of rotatable bonds is 3. The molecular weight excluding hydrogens is 228 g/mol. The van der Waals surface area contributed by atoms with Crippen molar-refractivity contribution in [2.45, 2.75) is 27.2 Å². The van der Waals surface area contributed by atoms with Gasteiger partial charge in [-0.1, -0.05) is 25.1 Å². The summed E-state index contributed by atoms with van der Waals surface area (Å²) < 4.78 is 0. The van der Waals surface area contributed by atoms with E-state index in [1.807, 2.05) is 32.0 Å². The molecule has 5 nitrogen and oxygen atoms in total. The van der Waals surface area contributed by atoms with Gasteiger partial charge in [0.05, 0.1) is 5.69 Å². The molecule has 98 valence electrons. The van der Waals surface area contributed by atoms with Crippen molar-refractivity contribution in [1.29, 1.82) is 5.41 Å². The highest BCUT2D eigenvalue weighted by Crippen LogP contribution is 2.25. The molecule has 0 aliphatic carbocycles. The van der Waals surface area contributed by atoms with Gasteiger partial charge in [0.25, 0.3) is 0 Å². The van der Waals surface area contributed by atoms with Crippen LogP contribution >= 0.6 is 0 Å². The number of urea groups is 1. The average molecular weight is 248 g/mol. The van der Waals surface area contributed by atoms with Gasteiger partial charge in [-0.2, -0.15) is 0 Å². The largest absolute Gasteiger partial charge is 0.370 e. The molecule has 0 bridgehead atoms. The van der Waals surface area contributed by atoms with E-state index in [4.69, 9.17) is 11.1 Å². The molecule has 0 saturated heterocycles. The molecule has 1 aromatic carbocycles. The molecule has 18 heavy (non-hydrogen) atoms. The number of carbonyl (C=O) groups is 1. The number of guanidine groups is 1. The fourth-order valence-corrected chi connectivity index (χ4v) is 1.98. The Hall–Kier alpha value is -2.04. The minimum Gasteiger partial charge on any atom is -0.370 e. The SMILES string of the molecule is CCc1cccc(C)c1N(CC)C(=O)NC(=N)N. The number of nitrogens with zero attached hydrogens (tertiary/aromatic N) is 1. The molecule has 4 N–H and O–H groups in total. The van der Waals surface area contributed by atoms with Crippen LogP contribution in [0.4, 0.5) is 10.5 Å². The van der Waals surface area contributed by atoms with Crippen molar-refractivity contribution in [2.24, 2.45) is 5.73 Å². The van der Waals surface area contributed by atoms with Crippen molar-refractivity contribution in [3.8, 4) is 0 Å². The molecule has 0 aliphatic rings. The Morgan fingerprint density at radius 3 is 2.61 bits per heavy atom. The molecule has 0 aliphatic heterocycles. The van der Waals surface area contributed by atoms with Gasteiger partial charge in [-0.3, -0.25) is 15.6 Å². The average Bonchev–Trinajstić information content (AvgIpc) is 2.31. The number of para-hydroxylation sites is 1. The number of carbonyl (C=O) groups excluding carboxylic acids is 1. The quantitative estimate of drug-likeness (QED) is 0.564. The second-order valence-corrected chi connectivity index (χ2v) is 4.02. The molecule has 0 heterocycles. The van der Waals surface area contributed by atoms with Crippen LogP contribution in [0.3, 0.4) is 0 Å². The molecule has 0 unspecified atom stereocenters. The number of nitrogens with two attached hydrogens (primary N) is 1. The third-order valence-electron chi connectivity index (χ3n) is 2.78. The Morgan fingerprint density at radius 1 is 1.44 bits per heavy atom. The Kier molecular flexibility index (Phi) is 4.71. The first-order chi connectivity index (χ1) is 8.51. The predicted molar refractivity (Wildman–Crippen MR) is 74.0 cm³/mol. The van der Waals surface area contributed by atoms with Crippen LogP contribution in [0.1, 0.15) is 25.0 Å². The van der Waals surface area contributed by atoms with E-state index in [9.17, 15) is 4.79 Å². The first-order valence-corrected chi connectivity index (χ1v) is 6.02. The minimum absolute atomic E-state index is 0.343. The molecular formula is C13H20N4O. The highest BCUT2D eigenvalue weighted by molar-refractivity contribution is 6.03. The van der Waals surface area contributed by atoms with Crippen molar-refractivity contribution in [3.63, 3.8) is 0 Å². The third-order valence-corrected chi connectivity index (χ3v) is 2.78. The van der Waals surface area contributed by atoms with Crippen LogP contribution in [-0.2, 0) is 6.42 Å². The van der Waals surface area contributed by atoms with Gasteiger partial charge in [-0.05, 0) is 31.4 Å². The number of hydrogen-bond donors (Lipinski definition) is 3. The maximum Gasteiger partial charge on any atom is 0.328 e. The molecule has 0 aromatic heterocycles. The van der Waals surface area contributed by atoms with Crippen LogP contribution in [0, 0.1) is 12.3 Å². The van der Waals surface area contributed by atoms with Crippen molar-refractivity contribution in [2.75, 3.05) is 11.4 Å². The monoisotopic (exact) mass is 248 g/mol. The fraction of sp³-hybridized carbons (Fsp3) is 0.385. The molecule has 0 radical (unpaired) electrons. The van der Waals surface area contributed by atoms with Gasteiger partial charge in [0.1, 0.15) is 0 Å². The van der Waals surface area contributed by atoms with Crippen molar-refractivity contribution < 1.29 is 4.79 Å². The Morgan fingerprint density at radius 2 is 2.11 bits per heavy atom. The summed E-state index contributed by atoms with van der Waals surface area (Å²) in [5.41, 5.74) is 8.25. The molecule has 0 fully saturated rings. The van der Waals surface area contributed by atoms with E-state index in [-0.39, 0.29) is 12.0 Å². The number of benzene rings is 1. The summed E-state index contributed by atoms with van der Waals surface area (Å²) in [6, 6.07) is 5.59. The summed E-state index contributed by atoms with van der Waals surface area (Å²) in [5.74, 6) is -0.343. The zero-order valence-electron chi connectivity index (χ0n) is 11.1. The van der Waals surface area contributed by atoms with Gasteiger partial charge < -0.3 is 5.73 Å². The lowest BCUT2D eigenvalue weighted by Crippen LogP contribution is -2.46. The minimum atomic E-state index is -0.367. The van der Waals surface area contributed by atoms with E-state index in [0.29, 0.717) is 6.54 Å². The van der Waals surface area contributed by atoms with Crippen LogP contribution in [0.5, 0.6) is 0 Å². The van der Waals surface area contributed by atoms with Crippen molar-refractivity contribution >= 4 is 17.7 Å². The van der Waals surface area contributed by atoms with Crippen LogP contribution in [0.2, 0.25) is 0 Å². The lowest BCUT2D eigenvalue weighted by Gasteiger charge is -2.25. The van der Waals surface area contributed by atoms with E-state index in [0.717, 1.165) is 23.2 Å². The topological polar surface area (TPSA) is 82.2 Å². The summed E-state index contributed by atoms with van der Waals surface area (Å²) in [7, 11) is 0. The maximum atomic E-state index is 12.0. The normalized spacial score (nSPS) is 9.94. The fourth-order valence-electron chi connectivity index (χ4n) is 1.98. The number of nitrogens with one attached hydrogen (secondary N) is 2. The second kappa shape index (κ2) is 6.05. The first kappa shape index (κ1) is 14.0. The predicted octanol–water partition coefficient (Wildman–Crippen LogP) is 1.99. The first-order valence-electron chi connectivity index (χ1n) is 6.02. The molecule has 0 spiro atoms. The van der Waals surface area contributed by atoms with E-state index >= 15 is 0 Å². The molecule has 2 amide bonds. The van der Waals surface area contributed by atoms with Gasteiger partial charge in [-0.25, -0.2) is 4.79 Å². The van der Waals surface area contributed by atoms with Crippen LogP contribution < -0.4 is 16.0 Å². The Bertz CT molecular complexity index is 456. The highest BCUT2D eigenvalue weighted by Gasteiger charge is 2.18. The standard InChI is InChI=1S/C13H20N4O/c1-4-10-8-6-7-9(3)11(10)17(5-2)13(18)16-12(14)15/h6-8H,4-5H2,1-3H3,(H4,14,15,16,18). The maximum absolute atomic E-state index is 12.0. The number of amides is 2. The Balaban J connectivity index is 3.16. The second-order valence-electron chi connectivity index (χ2n) is 4.02. The van der Waals surface area contributed by atoms with Crippen molar-refractivity contribution in [3.05, 3.63) is 29.3 Å². The van der Waals surface area contributed by atoms with E-state index in [1.54, 1.807) is 4.90 Å². The smallest absolute Gasteiger partial charge is 0.328 e. The van der Waals surface area contributed by atoms with Gasteiger partial charge in [0.2, 0.25) is 0 Å². The Labute approximate surface area is 107 Å². The zero-order valence-corrected chi connectivity index (χ0v) is 11.1. The number of hydrogen-bond acceptors (Lipinski definition) is 2. The summed E-state index contributed by atoms with van der Waals surface area (Å²) in [6.07, 6.45) is 0.848. The van der Waals surface area contributed by atoms with Gasteiger partial charge in [-0.15, -0.1) is 0 Å². The van der Waals surface area contributed by atoms with Crippen molar-refractivity contribution in [1.82, 2.24) is 5.32 Å². The van der Waals surface area contributed by atoms with E-state index in [2.05, 4.69) is 12.2 Å². The summed E-state index contributed by atoms with van der Waals surface area (Å²) >= 11 is 0. The lowest BCUT2D eigenvalue weighted by atomic mass is 10.0. The van der Waals surface area contributed by atoms with E-state index in [1.165, 1.54) is 0 Å². The third kappa shape index (κ3) is 3.00. The zero-order chi connectivity index (χ0) is 13.7. The summed E-state index contributed by atoms with van der Waals surface area (Å²) in [6.45, 7) is 6.44. The lowest BCUT2D eigenvalue weighted by molar-refractivity contribution is 0.250. The summed E-state index contributed by atoms with van der Waals surface area (Å²) in [4.78, 5) is 13.6. The van der Waals surface area contributed by atoms with Crippen LogP contribution in [0.15, 0.2) is 18.2 Å². The molecule has 0 saturated carbocycles. The van der Waals surface area contributed by atoms with Crippen LogP contribution in [-0.4, -0.2) is 18.5 Å². The van der Waals surface area contributed by atoms with Gasteiger partial charge >= 0.3 is 6.03 Å². The molecule has 1 rings (SSSR count).